The molecule has 1 heterocycles. The second kappa shape index (κ2) is 8.69. The number of nitrogens with one attached hydrogen (secondary N) is 2. The van der Waals surface area contributed by atoms with Gasteiger partial charge in [-0.1, -0.05) is 32.9 Å². The Morgan fingerprint density at radius 1 is 1.16 bits per heavy atom. The third kappa shape index (κ3) is 5.92. The maximum Gasteiger partial charge on any atom is 0.291 e. The average molecular weight is 366 g/mol. The number of carbonyl (C=O) groups is 2. The summed E-state index contributed by atoms with van der Waals surface area (Å²) in [6, 6.07) is 9.89. The zero-order chi connectivity index (χ0) is 17.7. The lowest BCUT2D eigenvalue weighted by Gasteiger charge is -2.25. The summed E-state index contributed by atoms with van der Waals surface area (Å²) in [4.78, 5) is 23.9. The molecule has 6 nitrogen and oxygen atoms in total. The van der Waals surface area contributed by atoms with E-state index in [9.17, 15) is 9.59 Å². The summed E-state index contributed by atoms with van der Waals surface area (Å²) in [7, 11) is 0. The van der Waals surface area contributed by atoms with Crippen molar-refractivity contribution in [3.8, 4) is 0 Å². The third-order valence-electron chi connectivity index (χ3n) is 3.64. The predicted molar refractivity (Wildman–Crippen MR) is 99.6 cm³/mol. The molecule has 0 aliphatic heterocycles. The topological polar surface area (TPSA) is 97.4 Å². The summed E-state index contributed by atoms with van der Waals surface area (Å²) in [5, 5.41) is 5.56. The third-order valence-corrected chi connectivity index (χ3v) is 3.64. The number of rotatable bonds is 5. The van der Waals surface area contributed by atoms with E-state index in [0.717, 1.165) is 5.56 Å². The smallest absolute Gasteiger partial charge is 0.291 e. The molecule has 1 aromatic carbocycles. The van der Waals surface area contributed by atoms with Gasteiger partial charge in [0, 0.05) is 12.2 Å². The van der Waals surface area contributed by atoms with Crippen LogP contribution in [0.1, 0.15) is 36.9 Å². The normalized spacial score (nSPS) is 12.0. The molecule has 0 saturated heterocycles. The summed E-state index contributed by atoms with van der Waals surface area (Å²) >= 11 is 0. The lowest BCUT2D eigenvalue weighted by atomic mass is 9.87. The lowest BCUT2D eigenvalue weighted by Crippen LogP contribution is -2.48. The van der Waals surface area contributed by atoms with E-state index in [4.69, 9.17) is 10.2 Å². The number of benzene rings is 1. The Balaban J connectivity index is 0.00000312. The molecule has 1 atom stereocenters. The van der Waals surface area contributed by atoms with Crippen LogP contribution in [0.2, 0.25) is 0 Å². The van der Waals surface area contributed by atoms with E-state index < -0.39 is 6.04 Å². The highest BCUT2D eigenvalue weighted by atomic mass is 35.5. The standard InChI is InChI=1S/C18H23N3O3.ClH/c1-18(2,3)15(19)17(23)20-11-12-6-8-13(9-7-12)21-16(22)14-5-4-10-24-14;/h4-10,15H,11,19H2,1-3H3,(H,20,23)(H,21,22);1H/t15-;/m1./s1. The number of nitrogens with two attached hydrogens (primary N) is 1. The second-order valence-corrected chi connectivity index (χ2v) is 6.69. The number of amides is 2. The predicted octanol–water partition coefficient (Wildman–Crippen LogP) is 2.94. The van der Waals surface area contributed by atoms with Gasteiger partial charge in [0.2, 0.25) is 5.91 Å². The molecular formula is C18H24ClN3O3. The van der Waals surface area contributed by atoms with Crippen molar-refractivity contribution in [1.82, 2.24) is 5.32 Å². The number of halogens is 1. The Morgan fingerprint density at radius 3 is 2.32 bits per heavy atom. The van der Waals surface area contributed by atoms with Gasteiger partial charge in [0.15, 0.2) is 5.76 Å². The molecule has 0 aliphatic rings. The van der Waals surface area contributed by atoms with Gasteiger partial charge in [-0.25, -0.2) is 0 Å². The van der Waals surface area contributed by atoms with Crippen LogP contribution >= 0.6 is 12.4 Å². The molecule has 0 aliphatic carbocycles. The fourth-order valence-corrected chi connectivity index (χ4v) is 2.00. The Bertz CT molecular complexity index is 691. The van der Waals surface area contributed by atoms with E-state index in [-0.39, 0.29) is 35.4 Å². The molecular weight excluding hydrogens is 342 g/mol. The molecule has 0 spiro atoms. The first-order valence-corrected chi connectivity index (χ1v) is 7.74. The molecule has 1 aromatic heterocycles. The molecule has 2 rings (SSSR count). The molecule has 0 bridgehead atoms. The van der Waals surface area contributed by atoms with Crippen molar-refractivity contribution in [1.29, 1.82) is 0 Å². The van der Waals surface area contributed by atoms with E-state index in [1.54, 1.807) is 24.3 Å². The van der Waals surface area contributed by atoms with Crippen molar-refractivity contribution in [3.05, 3.63) is 54.0 Å². The molecule has 2 aromatic rings. The average Bonchev–Trinajstić information content (AvgIpc) is 3.07. The minimum atomic E-state index is -0.565. The largest absolute Gasteiger partial charge is 0.459 e. The monoisotopic (exact) mass is 365 g/mol. The van der Waals surface area contributed by atoms with Gasteiger partial charge in [0.25, 0.3) is 5.91 Å². The molecule has 25 heavy (non-hydrogen) atoms. The van der Waals surface area contributed by atoms with Crippen LogP contribution in [0.4, 0.5) is 5.69 Å². The van der Waals surface area contributed by atoms with Crippen molar-refractivity contribution >= 4 is 29.9 Å². The van der Waals surface area contributed by atoms with Gasteiger partial charge in [0.05, 0.1) is 12.3 Å². The van der Waals surface area contributed by atoms with E-state index in [1.165, 1.54) is 6.26 Å². The number of anilines is 1. The Morgan fingerprint density at radius 2 is 1.80 bits per heavy atom. The first-order valence-electron chi connectivity index (χ1n) is 7.74. The van der Waals surface area contributed by atoms with E-state index in [2.05, 4.69) is 10.6 Å². The van der Waals surface area contributed by atoms with Gasteiger partial charge in [-0.05, 0) is 35.2 Å². The lowest BCUT2D eigenvalue weighted by molar-refractivity contribution is -0.124. The Kier molecular flexibility index (Phi) is 7.21. The highest BCUT2D eigenvalue weighted by Crippen LogP contribution is 2.17. The summed E-state index contributed by atoms with van der Waals surface area (Å²) in [5.74, 6) is -0.239. The van der Waals surface area contributed by atoms with Crippen LogP contribution in [0.3, 0.4) is 0 Å². The van der Waals surface area contributed by atoms with Crippen LogP contribution in [0.5, 0.6) is 0 Å². The maximum atomic E-state index is 12.0. The van der Waals surface area contributed by atoms with Crippen molar-refractivity contribution in [3.63, 3.8) is 0 Å². The second-order valence-electron chi connectivity index (χ2n) is 6.69. The molecule has 4 N–H and O–H groups in total. The van der Waals surface area contributed by atoms with Gasteiger partial charge >= 0.3 is 0 Å². The van der Waals surface area contributed by atoms with Crippen molar-refractivity contribution < 1.29 is 14.0 Å². The minimum Gasteiger partial charge on any atom is -0.459 e. The fourth-order valence-electron chi connectivity index (χ4n) is 2.00. The number of hydrogen-bond acceptors (Lipinski definition) is 4. The zero-order valence-electron chi connectivity index (χ0n) is 14.5. The molecule has 0 unspecified atom stereocenters. The van der Waals surface area contributed by atoms with Crippen LogP contribution in [-0.4, -0.2) is 17.9 Å². The zero-order valence-corrected chi connectivity index (χ0v) is 15.4. The van der Waals surface area contributed by atoms with Crippen molar-refractivity contribution in [2.45, 2.75) is 33.4 Å². The SMILES string of the molecule is CC(C)(C)[C@H](N)C(=O)NCc1ccc(NC(=O)c2ccco2)cc1.Cl. The van der Waals surface area contributed by atoms with Crippen LogP contribution in [0.25, 0.3) is 0 Å². The molecule has 0 fully saturated rings. The number of carbonyl (C=O) groups excluding carboxylic acids is 2. The number of hydrogen-bond donors (Lipinski definition) is 3. The van der Waals surface area contributed by atoms with Gasteiger partial charge in [-0.2, -0.15) is 0 Å². The summed E-state index contributed by atoms with van der Waals surface area (Å²) in [6.07, 6.45) is 1.45. The van der Waals surface area contributed by atoms with Crippen LogP contribution in [0, 0.1) is 5.41 Å². The van der Waals surface area contributed by atoms with Gasteiger partial charge in [-0.15, -0.1) is 12.4 Å². The summed E-state index contributed by atoms with van der Waals surface area (Å²) in [6.45, 7) is 6.16. The van der Waals surface area contributed by atoms with E-state index in [0.29, 0.717) is 12.2 Å². The van der Waals surface area contributed by atoms with Gasteiger partial charge in [-0.3, -0.25) is 9.59 Å². The quantitative estimate of drug-likeness (QED) is 0.758. The maximum absolute atomic E-state index is 12.0. The Labute approximate surface area is 153 Å². The summed E-state index contributed by atoms with van der Waals surface area (Å²) < 4.78 is 5.03. The van der Waals surface area contributed by atoms with Gasteiger partial charge in [0.1, 0.15) is 0 Å². The fraction of sp³-hybridized carbons (Fsp3) is 0.333. The van der Waals surface area contributed by atoms with E-state index >= 15 is 0 Å². The van der Waals surface area contributed by atoms with Gasteiger partial charge < -0.3 is 20.8 Å². The molecule has 7 heteroatoms. The highest BCUT2D eigenvalue weighted by Gasteiger charge is 2.27. The van der Waals surface area contributed by atoms with E-state index in [1.807, 2.05) is 32.9 Å². The Hall–Kier alpha value is -2.31. The first kappa shape index (κ1) is 20.7. The molecule has 136 valence electrons. The highest BCUT2D eigenvalue weighted by molar-refractivity contribution is 6.02. The van der Waals surface area contributed by atoms with Crippen molar-refractivity contribution in [2.24, 2.45) is 11.1 Å². The van der Waals surface area contributed by atoms with Crippen molar-refractivity contribution in [2.75, 3.05) is 5.32 Å². The molecule has 0 saturated carbocycles. The van der Waals surface area contributed by atoms with Crippen LogP contribution < -0.4 is 16.4 Å². The first-order chi connectivity index (χ1) is 11.3. The number of furan rings is 1. The van der Waals surface area contributed by atoms with Crippen LogP contribution in [-0.2, 0) is 11.3 Å². The molecule has 2 amide bonds. The molecule has 0 radical (unpaired) electrons. The summed E-state index contributed by atoms with van der Waals surface area (Å²) in [5.41, 5.74) is 7.20. The minimum absolute atomic E-state index is 0. The van der Waals surface area contributed by atoms with Crippen LogP contribution in [0.15, 0.2) is 47.1 Å².